The maximum atomic E-state index is 12.9. The van der Waals surface area contributed by atoms with Crippen LogP contribution in [-0.2, 0) is 9.53 Å². The largest absolute Gasteiger partial charge is 0.453 e. The first-order valence-electron chi connectivity index (χ1n) is 8.40. The topological polar surface area (TPSA) is 82.3 Å². The zero-order chi connectivity index (χ0) is 19.2. The van der Waals surface area contributed by atoms with Gasteiger partial charge in [0.05, 0.1) is 6.42 Å². The van der Waals surface area contributed by atoms with Gasteiger partial charge < -0.3 is 9.15 Å². The van der Waals surface area contributed by atoms with E-state index in [-0.39, 0.29) is 24.5 Å². The fourth-order valence-electron chi connectivity index (χ4n) is 2.40. The average molecular weight is 368 g/mol. The molecule has 2 aromatic carbocycles. The van der Waals surface area contributed by atoms with Crippen LogP contribution in [0.2, 0.25) is 0 Å². The van der Waals surface area contributed by atoms with E-state index in [0.29, 0.717) is 11.5 Å². The number of ketones is 1. The molecule has 1 atom stereocenters. The number of nitrogens with zero attached hydrogens (tertiary/aromatic N) is 2. The van der Waals surface area contributed by atoms with Crippen LogP contribution in [0.5, 0.6) is 0 Å². The number of benzene rings is 2. The van der Waals surface area contributed by atoms with Crippen molar-refractivity contribution in [1.29, 1.82) is 0 Å². The van der Waals surface area contributed by atoms with Crippen molar-refractivity contribution >= 4 is 11.8 Å². The van der Waals surface area contributed by atoms with Crippen molar-refractivity contribution in [1.82, 2.24) is 10.2 Å². The maximum Gasteiger partial charge on any atom is 0.307 e. The van der Waals surface area contributed by atoms with Gasteiger partial charge in [0.25, 0.3) is 5.89 Å². The molecule has 3 aromatic rings. The Morgan fingerprint density at radius 3 is 2.44 bits per heavy atom. The van der Waals surface area contributed by atoms with Gasteiger partial charge in [0.15, 0.2) is 11.9 Å². The van der Waals surface area contributed by atoms with Gasteiger partial charge in [0.2, 0.25) is 5.89 Å². The quantitative estimate of drug-likeness (QED) is 0.460. The third-order valence-electron chi connectivity index (χ3n) is 3.84. The second-order valence-corrected chi connectivity index (χ2v) is 5.87. The van der Waals surface area contributed by atoms with Crippen LogP contribution < -0.4 is 0 Å². The van der Waals surface area contributed by atoms with Crippen LogP contribution >= 0.6 is 0 Å². The molecule has 27 heavy (non-hydrogen) atoms. The first-order chi connectivity index (χ1) is 13.0. The molecule has 0 spiro atoms. The van der Waals surface area contributed by atoms with Crippen LogP contribution in [0.1, 0.15) is 42.1 Å². The molecule has 1 aromatic heterocycles. The summed E-state index contributed by atoms with van der Waals surface area (Å²) >= 11 is 0. The maximum absolute atomic E-state index is 12.9. The van der Waals surface area contributed by atoms with Crippen molar-refractivity contribution in [2.45, 2.75) is 25.9 Å². The van der Waals surface area contributed by atoms with Gasteiger partial charge in [0.1, 0.15) is 5.82 Å². The van der Waals surface area contributed by atoms with E-state index >= 15 is 0 Å². The summed E-state index contributed by atoms with van der Waals surface area (Å²) in [4.78, 5) is 24.0. The van der Waals surface area contributed by atoms with E-state index in [1.807, 2.05) is 30.3 Å². The molecule has 1 heterocycles. The highest BCUT2D eigenvalue weighted by Crippen LogP contribution is 2.22. The molecule has 0 aliphatic carbocycles. The van der Waals surface area contributed by atoms with E-state index < -0.39 is 17.9 Å². The summed E-state index contributed by atoms with van der Waals surface area (Å²) in [6, 6.07) is 14.4. The van der Waals surface area contributed by atoms with Crippen LogP contribution in [0.4, 0.5) is 4.39 Å². The number of Topliss-reactive ketones (excluding diaryl/α,β-unsaturated/α-hetero) is 1. The number of carbonyl (C=O) groups is 2. The van der Waals surface area contributed by atoms with E-state index in [1.54, 1.807) is 6.92 Å². The first-order valence-corrected chi connectivity index (χ1v) is 8.40. The summed E-state index contributed by atoms with van der Waals surface area (Å²) in [5.74, 6) is -0.734. The summed E-state index contributed by atoms with van der Waals surface area (Å²) in [6.45, 7) is 1.61. The van der Waals surface area contributed by atoms with Gasteiger partial charge >= 0.3 is 5.97 Å². The number of halogens is 1. The van der Waals surface area contributed by atoms with Crippen LogP contribution in [0.15, 0.2) is 59.0 Å². The summed E-state index contributed by atoms with van der Waals surface area (Å²) in [5.41, 5.74) is 1.11. The molecule has 3 rings (SSSR count). The van der Waals surface area contributed by atoms with Crippen molar-refractivity contribution in [2.24, 2.45) is 0 Å². The smallest absolute Gasteiger partial charge is 0.307 e. The zero-order valence-electron chi connectivity index (χ0n) is 14.6. The minimum Gasteiger partial charge on any atom is -0.453 e. The monoisotopic (exact) mass is 368 g/mol. The average Bonchev–Trinajstić information content (AvgIpc) is 3.18. The Hall–Kier alpha value is -3.35. The second-order valence-electron chi connectivity index (χ2n) is 5.87. The lowest BCUT2D eigenvalue weighted by atomic mass is 10.1. The van der Waals surface area contributed by atoms with Crippen molar-refractivity contribution in [3.63, 3.8) is 0 Å². The van der Waals surface area contributed by atoms with E-state index in [1.165, 1.54) is 24.3 Å². The number of ether oxygens (including phenoxy) is 1. The number of hydrogen-bond donors (Lipinski definition) is 0. The molecule has 0 unspecified atom stereocenters. The Kier molecular flexibility index (Phi) is 5.71. The molecular weight excluding hydrogens is 351 g/mol. The highest BCUT2D eigenvalue weighted by molar-refractivity contribution is 5.97. The first kappa shape index (κ1) is 18.4. The van der Waals surface area contributed by atoms with Gasteiger partial charge in [-0.05, 0) is 43.3 Å². The molecular formula is C20H17FN2O4. The van der Waals surface area contributed by atoms with Crippen molar-refractivity contribution in [3.05, 3.63) is 71.9 Å². The molecule has 0 bridgehead atoms. The third kappa shape index (κ3) is 4.84. The fraction of sp³-hybridized carbons (Fsp3) is 0.200. The number of aromatic nitrogens is 2. The number of carbonyl (C=O) groups excluding carboxylic acids is 2. The summed E-state index contributed by atoms with van der Waals surface area (Å²) in [5, 5.41) is 7.84. The highest BCUT2D eigenvalue weighted by Gasteiger charge is 2.19. The predicted octanol–water partition coefficient (Wildman–Crippen LogP) is 4.14. The molecule has 0 radical (unpaired) electrons. The Bertz CT molecular complexity index is 923. The van der Waals surface area contributed by atoms with Crippen molar-refractivity contribution in [3.8, 4) is 11.5 Å². The minimum atomic E-state index is -0.733. The number of rotatable bonds is 7. The highest BCUT2D eigenvalue weighted by atomic mass is 19.1. The van der Waals surface area contributed by atoms with E-state index in [9.17, 15) is 14.0 Å². The Balaban J connectivity index is 1.52. The van der Waals surface area contributed by atoms with Gasteiger partial charge in [-0.2, -0.15) is 0 Å². The van der Waals surface area contributed by atoms with Gasteiger partial charge in [0, 0.05) is 17.5 Å². The van der Waals surface area contributed by atoms with Crippen molar-refractivity contribution < 1.29 is 23.1 Å². The molecule has 7 heteroatoms. The summed E-state index contributed by atoms with van der Waals surface area (Å²) in [6.07, 6.45) is -0.861. The molecule has 6 nitrogen and oxygen atoms in total. The fourth-order valence-corrected chi connectivity index (χ4v) is 2.40. The van der Waals surface area contributed by atoms with Gasteiger partial charge in [-0.15, -0.1) is 10.2 Å². The normalized spacial score (nSPS) is 11.8. The van der Waals surface area contributed by atoms with Crippen LogP contribution in [-0.4, -0.2) is 21.9 Å². The van der Waals surface area contributed by atoms with Crippen LogP contribution in [0.3, 0.4) is 0 Å². The van der Waals surface area contributed by atoms with Crippen LogP contribution in [0.25, 0.3) is 11.5 Å². The Morgan fingerprint density at radius 1 is 1.04 bits per heavy atom. The zero-order valence-corrected chi connectivity index (χ0v) is 14.6. The molecule has 138 valence electrons. The Morgan fingerprint density at radius 2 is 1.74 bits per heavy atom. The lowest BCUT2D eigenvalue weighted by molar-refractivity contribution is -0.149. The minimum absolute atomic E-state index is 0.0315. The number of esters is 1. The van der Waals surface area contributed by atoms with Gasteiger partial charge in [-0.1, -0.05) is 18.2 Å². The molecule has 0 saturated carbocycles. The molecule has 0 aliphatic rings. The molecule has 0 N–H and O–H groups in total. The second kappa shape index (κ2) is 8.35. The molecule has 0 saturated heterocycles. The summed E-state index contributed by atoms with van der Waals surface area (Å²) < 4.78 is 23.7. The number of hydrogen-bond acceptors (Lipinski definition) is 6. The third-order valence-corrected chi connectivity index (χ3v) is 3.84. The molecule has 0 fully saturated rings. The summed E-state index contributed by atoms with van der Waals surface area (Å²) in [7, 11) is 0. The molecule has 0 amide bonds. The Labute approximate surface area is 155 Å². The SMILES string of the molecule is C[C@H](OC(=O)CCC(=O)c1ccc(F)cc1)c1nnc(-c2ccccc2)o1. The van der Waals surface area contributed by atoms with Gasteiger partial charge in [-0.3, -0.25) is 9.59 Å². The van der Waals surface area contributed by atoms with Crippen molar-refractivity contribution in [2.75, 3.05) is 0 Å². The van der Waals surface area contributed by atoms with E-state index in [4.69, 9.17) is 9.15 Å². The van der Waals surface area contributed by atoms with E-state index in [2.05, 4.69) is 10.2 Å². The van der Waals surface area contributed by atoms with Gasteiger partial charge in [-0.25, -0.2) is 4.39 Å². The lowest BCUT2D eigenvalue weighted by Crippen LogP contribution is -2.11. The van der Waals surface area contributed by atoms with E-state index in [0.717, 1.165) is 5.56 Å². The molecule has 0 aliphatic heterocycles. The predicted molar refractivity (Wildman–Crippen MR) is 94.2 cm³/mol. The lowest BCUT2D eigenvalue weighted by Gasteiger charge is -2.09. The van der Waals surface area contributed by atoms with Crippen LogP contribution in [0, 0.1) is 5.82 Å². The standard InChI is InChI=1S/C20H17FN2O4/c1-13(19-22-23-20(27-19)15-5-3-2-4-6-15)26-18(25)12-11-17(24)14-7-9-16(21)10-8-14/h2-10,13H,11-12H2,1H3/t13-/m0/s1.